The van der Waals surface area contributed by atoms with E-state index in [1.807, 2.05) is 6.92 Å². The average Bonchev–Trinajstić information content (AvgIpc) is 1.99. The standard InChI is InChI=1S/C11H13FO2S/c1-7-5-8(2)11(9(3)6-7)10(4)15(12,13)14/h5-6H,4H2,1-3H3. The number of benzene rings is 1. The predicted octanol–water partition coefficient (Wildman–Crippen LogP) is 2.88. The smallest absolute Gasteiger partial charge is 0.189 e. The molecule has 15 heavy (non-hydrogen) atoms. The molecule has 0 N–H and O–H groups in total. The van der Waals surface area contributed by atoms with Gasteiger partial charge in [0.05, 0.1) is 4.91 Å². The summed E-state index contributed by atoms with van der Waals surface area (Å²) in [5.41, 5.74) is 2.83. The molecule has 0 aromatic heterocycles. The number of rotatable bonds is 2. The van der Waals surface area contributed by atoms with Gasteiger partial charge in [0, 0.05) is 5.56 Å². The molecule has 0 unspecified atom stereocenters. The normalized spacial score (nSPS) is 11.5. The first-order valence-corrected chi connectivity index (χ1v) is 5.83. The van der Waals surface area contributed by atoms with E-state index in [1.54, 1.807) is 26.0 Å². The number of hydrogen-bond acceptors (Lipinski definition) is 2. The molecule has 0 aliphatic carbocycles. The molecule has 1 aromatic carbocycles. The van der Waals surface area contributed by atoms with Gasteiger partial charge >= 0.3 is 10.2 Å². The van der Waals surface area contributed by atoms with Crippen LogP contribution >= 0.6 is 0 Å². The van der Waals surface area contributed by atoms with E-state index in [9.17, 15) is 12.3 Å². The number of halogens is 1. The van der Waals surface area contributed by atoms with Crippen molar-refractivity contribution < 1.29 is 12.3 Å². The molecule has 0 aliphatic heterocycles. The van der Waals surface area contributed by atoms with Gasteiger partial charge in [-0.05, 0) is 31.9 Å². The summed E-state index contributed by atoms with van der Waals surface area (Å²) in [4.78, 5) is -0.461. The van der Waals surface area contributed by atoms with Crippen LogP contribution in [-0.2, 0) is 10.2 Å². The molecule has 0 atom stereocenters. The minimum absolute atomic E-state index is 0.378. The van der Waals surface area contributed by atoms with E-state index in [2.05, 4.69) is 6.58 Å². The molecule has 0 amide bonds. The highest BCUT2D eigenvalue weighted by molar-refractivity contribution is 7.95. The Labute approximate surface area is 89.7 Å². The monoisotopic (exact) mass is 228 g/mol. The second-order valence-corrected chi connectivity index (χ2v) is 5.00. The van der Waals surface area contributed by atoms with Crippen molar-refractivity contribution in [3.63, 3.8) is 0 Å². The summed E-state index contributed by atoms with van der Waals surface area (Å²) in [7, 11) is -4.71. The zero-order valence-electron chi connectivity index (χ0n) is 8.96. The summed E-state index contributed by atoms with van der Waals surface area (Å²) >= 11 is 0. The Bertz CT molecular complexity index is 492. The van der Waals surface area contributed by atoms with Gasteiger partial charge in [-0.2, -0.15) is 8.42 Å². The fourth-order valence-electron chi connectivity index (χ4n) is 1.74. The van der Waals surface area contributed by atoms with Crippen molar-refractivity contribution in [1.29, 1.82) is 0 Å². The summed E-state index contributed by atoms with van der Waals surface area (Å²) in [6, 6.07) is 3.61. The molecule has 0 spiro atoms. The topological polar surface area (TPSA) is 34.1 Å². The fraction of sp³-hybridized carbons (Fsp3) is 0.273. The third-order valence-corrected chi connectivity index (χ3v) is 3.04. The van der Waals surface area contributed by atoms with Crippen LogP contribution < -0.4 is 0 Å². The molecule has 0 saturated heterocycles. The van der Waals surface area contributed by atoms with E-state index in [0.29, 0.717) is 5.56 Å². The maximum atomic E-state index is 12.8. The van der Waals surface area contributed by atoms with Crippen molar-refractivity contribution in [2.45, 2.75) is 20.8 Å². The Hall–Kier alpha value is -1.16. The number of aryl methyl sites for hydroxylation is 3. The van der Waals surface area contributed by atoms with Crippen LogP contribution in [0, 0.1) is 20.8 Å². The Morgan fingerprint density at radius 2 is 1.60 bits per heavy atom. The number of hydrogen-bond donors (Lipinski definition) is 0. The van der Waals surface area contributed by atoms with Gasteiger partial charge in [-0.3, -0.25) is 0 Å². The van der Waals surface area contributed by atoms with Crippen molar-refractivity contribution in [2.75, 3.05) is 0 Å². The molecule has 1 aromatic rings. The highest BCUT2D eigenvalue weighted by atomic mass is 32.3. The van der Waals surface area contributed by atoms with Crippen LogP contribution in [0.3, 0.4) is 0 Å². The first-order chi connectivity index (χ1) is 6.73. The molecular weight excluding hydrogens is 215 g/mol. The average molecular weight is 228 g/mol. The molecule has 0 heterocycles. The van der Waals surface area contributed by atoms with E-state index in [1.165, 1.54) is 0 Å². The summed E-state index contributed by atoms with van der Waals surface area (Å²) in [5.74, 6) is 0. The van der Waals surface area contributed by atoms with E-state index in [4.69, 9.17) is 0 Å². The lowest BCUT2D eigenvalue weighted by molar-refractivity contribution is 0.564. The maximum absolute atomic E-state index is 12.8. The minimum atomic E-state index is -4.71. The van der Waals surface area contributed by atoms with Crippen LogP contribution in [0.25, 0.3) is 4.91 Å². The highest BCUT2D eigenvalue weighted by Crippen LogP contribution is 2.27. The molecule has 0 fully saturated rings. The van der Waals surface area contributed by atoms with Crippen LogP contribution in [0.15, 0.2) is 18.7 Å². The molecule has 2 nitrogen and oxygen atoms in total. The van der Waals surface area contributed by atoms with Crippen LogP contribution in [-0.4, -0.2) is 8.42 Å². The van der Waals surface area contributed by atoms with Crippen LogP contribution in [0.1, 0.15) is 22.3 Å². The Balaban J connectivity index is 3.46. The molecule has 0 saturated carbocycles. The predicted molar refractivity (Wildman–Crippen MR) is 59.7 cm³/mol. The second kappa shape index (κ2) is 3.77. The van der Waals surface area contributed by atoms with Gasteiger partial charge in [0.25, 0.3) is 0 Å². The van der Waals surface area contributed by atoms with Gasteiger partial charge in [-0.15, -0.1) is 3.89 Å². The van der Waals surface area contributed by atoms with Crippen LogP contribution in [0.4, 0.5) is 3.89 Å². The van der Waals surface area contributed by atoms with Gasteiger partial charge in [0.1, 0.15) is 0 Å². The highest BCUT2D eigenvalue weighted by Gasteiger charge is 2.19. The SMILES string of the molecule is C=C(c1c(C)cc(C)cc1C)S(=O)(=O)F. The van der Waals surface area contributed by atoms with Gasteiger partial charge in [-0.1, -0.05) is 24.3 Å². The van der Waals surface area contributed by atoms with Crippen molar-refractivity contribution >= 4 is 15.1 Å². The van der Waals surface area contributed by atoms with Crippen LogP contribution in [0.5, 0.6) is 0 Å². The largest absolute Gasteiger partial charge is 0.332 e. The maximum Gasteiger partial charge on any atom is 0.332 e. The van der Waals surface area contributed by atoms with Crippen LogP contribution in [0.2, 0.25) is 0 Å². The van der Waals surface area contributed by atoms with E-state index in [-0.39, 0.29) is 0 Å². The van der Waals surface area contributed by atoms with Crippen molar-refractivity contribution in [1.82, 2.24) is 0 Å². The first-order valence-electron chi connectivity index (χ1n) is 4.45. The van der Waals surface area contributed by atoms with Crippen molar-refractivity contribution in [2.24, 2.45) is 0 Å². The van der Waals surface area contributed by atoms with Gasteiger partial charge in [-0.25, -0.2) is 0 Å². The second-order valence-electron chi connectivity index (χ2n) is 3.63. The lowest BCUT2D eigenvalue weighted by atomic mass is 10.00. The molecule has 82 valence electrons. The van der Waals surface area contributed by atoms with Gasteiger partial charge in [0.2, 0.25) is 0 Å². The Kier molecular flexibility index (Phi) is 3.00. The third-order valence-electron chi connectivity index (χ3n) is 2.25. The minimum Gasteiger partial charge on any atom is -0.189 e. The molecule has 4 heteroatoms. The van der Waals surface area contributed by atoms with E-state index in [0.717, 1.165) is 16.7 Å². The summed E-state index contributed by atoms with van der Waals surface area (Å²) in [5, 5.41) is 0. The molecular formula is C11H13FO2S. The van der Waals surface area contributed by atoms with Crippen molar-refractivity contribution in [3.8, 4) is 0 Å². The van der Waals surface area contributed by atoms with E-state index >= 15 is 0 Å². The van der Waals surface area contributed by atoms with Gasteiger partial charge < -0.3 is 0 Å². The summed E-state index contributed by atoms with van der Waals surface area (Å²) in [6.07, 6.45) is 0. The molecule has 0 radical (unpaired) electrons. The lowest BCUT2D eigenvalue weighted by Crippen LogP contribution is -2.00. The zero-order chi connectivity index (χ0) is 11.8. The first kappa shape index (κ1) is 11.9. The molecule has 0 aliphatic rings. The quantitative estimate of drug-likeness (QED) is 0.729. The Morgan fingerprint density at radius 3 is 1.93 bits per heavy atom. The summed E-state index contributed by atoms with van der Waals surface area (Å²) < 4.78 is 34.3. The fourth-order valence-corrected chi connectivity index (χ4v) is 2.31. The third kappa shape index (κ3) is 2.45. The zero-order valence-corrected chi connectivity index (χ0v) is 9.78. The summed E-state index contributed by atoms with van der Waals surface area (Å²) in [6.45, 7) is 8.67. The van der Waals surface area contributed by atoms with Gasteiger partial charge in [0.15, 0.2) is 0 Å². The molecule has 0 bridgehead atoms. The van der Waals surface area contributed by atoms with Crippen molar-refractivity contribution in [3.05, 3.63) is 41.0 Å². The lowest BCUT2D eigenvalue weighted by Gasteiger charge is -2.10. The Morgan fingerprint density at radius 1 is 1.20 bits per heavy atom. The molecule has 1 rings (SSSR count). The van der Waals surface area contributed by atoms with E-state index < -0.39 is 15.1 Å².